The molecule has 0 aromatic heterocycles. The molecular formula is C14H32N2O. The maximum Gasteiger partial charge on any atom is 0.122 e. The maximum atomic E-state index is 5.97. The van der Waals surface area contributed by atoms with Gasteiger partial charge in [0.05, 0.1) is 0 Å². The smallest absolute Gasteiger partial charge is 0.122 e. The Kier molecular flexibility index (Phi) is 8.01. The van der Waals surface area contributed by atoms with E-state index < -0.39 is 0 Å². The van der Waals surface area contributed by atoms with Crippen LogP contribution in [-0.2, 0) is 4.84 Å². The predicted molar refractivity (Wildman–Crippen MR) is 74.8 cm³/mol. The van der Waals surface area contributed by atoms with Gasteiger partial charge in [0.1, 0.15) is 6.73 Å². The number of hydrogen-bond donors (Lipinski definition) is 0. The summed E-state index contributed by atoms with van der Waals surface area (Å²) in [5.41, 5.74) is 0. The van der Waals surface area contributed by atoms with Crippen LogP contribution in [0.3, 0.4) is 0 Å². The first-order chi connectivity index (χ1) is 7.81. The summed E-state index contributed by atoms with van der Waals surface area (Å²) in [4.78, 5) is 8.37. The largest absolute Gasteiger partial charge is 0.283 e. The molecule has 0 aliphatic rings. The summed E-state index contributed by atoms with van der Waals surface area (Å²) in [6.07, 6.45) is 1.16. The van der Waals surface area contributed by atoms with Gasteiger partial charge in [0, 0.05) is 24.2 Å². The molecule has 0 N–H and O–H groups in total. The zero-order valence-electron chi connectivity index (χ0n) is 13.0. The fourth-order valence-corrected chi connectivity index (χ4v) is 2.05. The second kappa shape index (κ2) is 8.06. The number of rotatable bonds is 8. The van der Waals surface area contributed by atoms with Crippen molar-refractivity contribution < 1.29 is 4.84 Å². The molecule has 0 spiro atoms. The molecule has 0 saturated carbocycles. The molecule has 0 aliphatic carbocycles. The van der Waals surface area contributed by atoms with Gasteiger partial charge in [-0.2, -0.15) is 5.06 Å². The van der Waals surface area contributed by atoms with Gasteiger partial charge in [-0.3, -0.25) is 9.74 Å². The SMILES string of the molecule is CCC(C)N(CON(C(C)C)C(C)C)C(C)C. The topological polar surface area (TPSA) is 15.7 Å². The molecule has 0 amide bonds. The second-order valence-corrected chi connectivity index (χ2v) is 5.67. The Hall–Kier alpha value is -0.120. The summed E-state index contributed by atoms with van der Waals surface area (Å²) in [5, 5.41) is 2.08. The van der Waals surface area contributed by atoms with E-state index in [4.69, 9.17) is 4.84 Å². The molecule has 104 valence electrons. The molecule has 0 radical (unpaired) electrons. The lowest BCUT2D eigenvalue weighted by Crippen LogP contribution is -2.45. The molecule has 0 saturated heterocycles. The Morgan fingerprint density at radius 3 is 1.59 bits per heavy atom. The Bertz CT molecular complexity index is 185. The molecule has 0 bridgehead atoms. The highest BCUT2D eigenvalue weighted by Gasteiger charge is 2.20. The van der Waals surface area contributed by atoms with Crippen LogP contribution in [0, 0.1) is 0 Å². The Labute approximate surface area is 108 Å². The van der Waals surface area contributed by atoms with E-state index in [0.717, 1.165) is 6.42 Å². The second-order valence-electron chi connectivity index (χ2n) is 5.67. The standard InChI is InChI=1S/C14H32N2O/c1-9-14(8)15(11(2)3)10-17-16(12(4)5)13(6)7/h11-14H,9-10H2,1-8H3. The molecule has 1 unspecified atom stereocenters. The first kappa shape index (κ1) is 16.9. The highest BCUT2D eigenvalue weighted by Crippen LogP contribution is 2.12. The molecule has 0 aromatic rings. The van der Waals surface area contributed by atoms with Crippen LogP contribution in [0.1, 0.15) is 61.8 Å². The Morgan fingerprint density at radius 1 is 0.824 bits per heavy atom. The number of hydrogen-bond acceptors (Lipinski definition) is 3. The minimum Gasteiger partial charge on any atom is -0.283 e. The van der Waals surface area contributed by atoms with Crippen LogP contribution in [0.25, 0.3) is 0 Å². The summed E-state index contributed by atoms with van der Waals surface area (Å²) >= 11 is 0. The van der Waals surface area contributed by atoms with E-state index in [2.05, 4.69) is 65.4 Å². The van der Waals surface area contributed by atoms with E-state index in [0.29, 0.717) is 30.9 Å². The van der Waals surface area contributed by atoms with Gasteiger partial charge in [0.2, 0.25) is 0 Å². The zero-order chi connectivity index (χ0) is 13.6. The molecule has 3 nitrogen and oxygen atoms in total. The van der Waals surface area contributed by atoms with Crippen molar-refractivity contribution in [2.75, 3.05) is 6.73 Å². The average Bonchev–Trinajstić information content (AvgIpc) is 2.21. The third-order valence-corrected chi connectivity index (χ3v) is 3.19. The molecular weight excluding hydrogens is 212 g/mol. The number of hydroxylamine groups is 2. The third kappa shape index (κ3) is 5.84. The van der Waals surface area contributed by atoms with Crippen molar-refractivity contribution in [1.29, 1.82) is 0 Å². The van der Waals surface area contributed by atoms with E-state index in [-0.39, 0.29) is 0 Å². The van der Waals surface area contributed by atoms with Crippen LogP contribution in [0.15, 0.2) is 0 Å². The summed E-state index contributed by atoms with van der Waals surface area (Å²) in [5.74, 6) is 0. The average molecular weight is 244 g/mol. The summed E-state index contributed by atoms with van der Waals surface area (Å²) in [7, 11) is 0. The molecule has 0 heterocycles. The van der Waals surface area contributed by atoms with Gasteiger partial charge in [0.25, 0.3) is 0 Å². The minimum absolute atomic E-state index is 0.418. The van der Waals surface area contributed by atoms with Crippen molar-refractivity contribution in [3.8, 4) is 0 Å². The van der Waals surface area contributed by atoms with E-state index in [9.17, 15) is 0 Å². The van der Waals surface area contributed by atoms with Gasteiger partial charge < -0.3 is 0 Å². The predicted octanol–water partition coefficient (Wildman–Crippen LogP) is 3.50. The van der Waals surface area contributed by atoms with Crippen molar-refractivity contribution in [2.24, 2.45) is 0 Å². The monoisotopic (exact) mass is 244 g/mol. The molecule has 0 aromatic carbocycles. The Balaban J connectivity index is 4.37. The zero-order valence-corrected chi connectivity index (χ0v) is 13.0. The third-order valence-electron chi connectivity index (χ3n) is 3.19. The normalized spacial score (nSPS) is 14.6. The summed E-state index contributed by atoms with van der Waals surface area (Å²) in [6.45, 7) is 18.3. The van der Waals surface area contributed by atoms with Gasteiger partial charge in [-0.1, -0.05) is 6.92 Å². The lowest BCUT2D eigenvalue weighted by atomic mass is 10.2. The minimum atomic E-state index is 0.418. The van der Waals surface area contributed by atoms with Crippen molar-refractivity contribution in [1.82, 2.24) is 9.96 Å². The first-order valence-corrected chi connectivity index (χ1v) is 6.98. The van der Waals surface area contributed by atoms with Crippen molar-refractivity contribution in [3.63, 3.8) is 0 Å². The summed E-state index contributed by atoms with van der Waals surface area (Å²) in [6, 6.07) is 1.92. The van der Waals surface area contributed by atoms with Crippen molar-refractivity contribution in [3.05, 3.63) is 0 Å². The number of nitrogens with zero attached hydrogens (tertiary/aromatic N) is 2. The van der Waals surface area contributed by atoms with Crippen molar-refractivity contribution in [2.45, 2.75) is 86.0 Å². The van der Waals surface area contributed by atoms with E-state index in [1.54, 1.807) is 0 Å². The van der Waals surface area contributed by atoms with Crippen LogP contribution < -0.4 is 0 Å². The molecule has 0 rings (SSSR count). The van der Waals surface area contributed by atoms with Crippen LogP contribution in [0.4, 0.5) is 0 Å². The van der Waals surface area contributed by atoms with Gasteiger partial charge >= 0.3 is 0 Å². The van der Waals surface area contributed by atoms with Crippen LogP contribution >= 0.6 is 0 Å². The fourth-order valence-electron chi connectivity index (χ4n) is 2.05. The van der Waals surface area contributed by atoms with E-state index >= 15 is 0 Å². The summed E-state index contributed by atoms with van der Waals surface area (Å²) < 4.78 is 0. The Morgan fingerprint density at radius 2 is 1.29 bits per heavy atom. The van der Waals surface area contributed by atoms with Crippen LogP contribution in [-0.4, -0.2) is 40.9 Å². The molecule has 17 heavy (non-hydrogen) atoms. The van der Waals surface area contributed by atoms with E-state index in [1.807, 2.05) is 0 Å². The van der Waals surface area contributed by atoms with Gasteiger partial charge in [0.15, 0.2) is 0 Å². The van der Waals surface area contributed by atoms with Crippen molar-refractivity contribution >= 4 is 0 Å². The highest BCUT2D eigenvalue weighted by atomic mass is 16.7. The lowest BCUT2D eigenvalue weighted by Gasteiger charge is -2.36. The molecule has 0 fully saturated rings. The van der Waals surface area contributed by atoms with E-state index in [1.165, 1.54) is 0 Å². The molecule has 1 atom stereocenters. The van der Waals surface area contributed by atoms with Crippen LogP contribution in [0.2, 0.25) is 0 Å². The van der Waals surface area contributed by atoms with Crippen LogP contribution in [0.5, 0.6) is 0 Å². The maximum absolute atomic E-state index is 5.97. The highest BCUT2D eigenvalue weighted by molar-refractivity contribution is 4.67. The first-order valence-electron chi connectivity index (χ1n) is 6.98. The quantitative estimate of drug-likeness (QED) is 0.480. The molecule has 0 aliphatic heterocycles. The fraction of sp³-hybridized carbons (Fsp3) is 1.00. The van der Waals surface area contributed by atoms with Gasteiger partial charge in [-0.05, 0) is 54.9 Å². The lowest BCUT2D eigenvalue weighted by molar-refractivity contribution is -0.233. The molecule has 3 heteroatoms. The van der Waals surface area contributed by atoms with Gasteiger partial charge in [-0.15, -0.1) is 0 Å². The van der Waals surface area contributed by atoms with Gasteiger partial charge in [-0.25, -0.2) is 0 Å².